The minimum Gasteiger partial charge on any atom is -0.348 e. The van der Waals surface area contributed by atoms with E-state index in [1.165, 1.54) is 6.33 Å². The maximum atomic E-state index is 12.2. The first kappa shape index (κ1) is 20.6. The number of benzene rings is 2. The van der Waals surface area contributed by atoms with Gasteiger partial charge in [0.25, 0.3) is 0 Å². The number of para-hydroxylation sites is 2. The quantitative estimate of drug-likeness (QED) is 0.410. The van der Waals surface area contributed by atoms with Crippen LogP contribution in [0.15, 0.2) is 67.0 Å². The molecule has 1 saturated heterocycles. The average molecular weight is 419 g/mol. The highest BCUT2D eigenvalue weighted by molar-refractivity contribution is 5.75. The lowest BCUT2D eigenvalue weighted by molar-refractivity contribution is -0.383. The molecule has 1 fully saturated rings. The van der Waals surface area contributed by atoms with Gasteiger partial charge in [0.15, 0.2) is 0 Å². The fourth-order valence-electron chi connectivity index (χ4n) is 4.07. The number of nitro groups is 1. The first-order valence-electron chi connectivity index (χ1n) is 10.6. The van der Waals surface area contributed by atoms with Crippen LogP contribution >= 0.6 is 0 Å². The lowest BCUT2D eigenvalue weighted by Gasteiger charge is -2.36. The zero-order chi connectivity index (χ0) is 21.6. The topological polar surface area (TPSA) is 87.4 Å². The standard InChI is InChI=1S/C23H26N6O2/c1-2-18-11-9-10-16-27(18)23-21(29(30)31)22(24-17-25-23)26-28(19-12-5-3-6-13-19)20-14-7-4-8-15-20/h3-8,12-15,17-18H,2,9-11,16H2,1H3,(H,24,25,26). The van der Waals surface area contributed by atoms with E-state index < -0.39 is 0 Å². The number of nitrogens with one attached hydrogen (secondary N) is 1. The molecule has 0 spiro atoms. The van der Waals surface area contributed by atoms with E-state index in [4.69, 9.17) is 0 Å². The van der Waals surface area contributed by atoms with E-state index in [1.807, 2.05) is 60.7 Å². The Balaban J connectivity index is 1.77. The van der Waals surface area contributed by atoms with Gasteiger partial charge in [-0.25, -0.2) is 9.97 Å². The molecular formula is C23H26N6O2. The molecule has 0 bridgehead atoms. The monoisotopic (exact) mass is 418 g/mol. The molecule has 0 amide bonds. The lowest BCUT2D eigenvalue weighted by Crippen LogP contribution is -2.40. The van der Waals surface area contributed by atoms with Gasteiger partial charge in [-0.2, -0.15) is 0 Å². The maximum absolute atomic E-state index is 12.2. The van der Waals surface area contributed by atoms with Gasteiger partial charge in [0.2, 0.25) is 11.6 Å². The van der Waals surface area contributed by atoms with Gasteiger partial charge in [-0.05, 0) is 49.9 Å². The summed E-state index contributed by atoms with van der Waals surface area (Å²) < 4.78 is 0. The molecule has 2 aromatic carbocycles. The first-order chi connectivity index (χ1) is 15.2. The molecule has 1 aliphatic rings. The van der Waals surface area contributed by atoms with Crippen molar-refractivity contribution in [1.29, 1.82) is 0 Å². The van der Waals surface area contributed by atoms with Crippen LogP contribution in [0.4, 0.5) is 28.7 Å². The lowest BCUT2D eigenvalue weighted by atomic mass is 10.00. The number of piperidine rings is 1. The third kappa shape index (κ3) is 4.42. The molecule has 1 N–H and O–H groups in total. The predicted octanol–water partition coefficient (Wildman–Crippen LogP) is 5.32. The van der Waals surface area contributed by atoms with E-state index in [0.29, 0.717) is 5.82 Å². The fourth-order valence-corrected chi connectivity index (χ4v) is 4.07. The number of anilines is 4. The predicted molar refractivity (Wildman–Crippen MR) is 123 cm³/mol. The van der Waals surface area contributed by atoms with Crippen LogP contribution in [0.2, 0.25) is 0 Å². The Kier molecular flexibility index (Phi) is 6.26. The van der Waals surface area contributed by atoms with Gasteiger partial charge in [-0.15, -0.1) is 0 Å². The van der Waals surface area contributed by atoms with E-state index >= 15 is 0 Å². The van der Waals surface area contributed by atoms with Crippen LogP contribution < -0.4 is 15.3 Å². The highest BCUT2D eigenvalue weighted by Crippen LogP contribution is 2.37. The van der Waals surface area contributed by atoms with Crippen LogP contribution in [0.1, 0.15) is 32.6 Å². The molecule has 1 unspecified atom stereocenters. The Morgan fingerprint density at radius 1 is 1.06 bits per heavy atom. The van der Waals surface area contributed by atoms with E-state index in [0.717, 1.165) is 43.6 Å². The van der Waals surface area contributed by atoms with Gasteiger partial charge in [-0.3, -0.25) is 20.5 Å². The number of rotatable bonds is 7. The molecule has 0 saturated carbocycles. The van der Waals surface area contributed by atoms with Crippen molar-refractivity contribution >= 4 is 28.7 Å². The number of aromatic nitrogens is 2. The molecule has 160 valence electrons. The Morgan fingerprint density at radius 3 is 2.29 bits per heavy atom. The van der Waals surface area contributed by atoms with Gasteiger partial charge < -0.3 is 4.90 Å². The minimum absolute atomic E-state index is 0.0975. The number of hydrogen-bond acceptors (Lipinski definition) is 7. The number of hydrogen-bond donors (Lipinski definition) is 1. The second kappa shape index (κ2) is 9.42. The maximum Gasteiger partial charge on any atom is 0.355 e. The van der Waals surface area contributed by atoms with Crippen LogP contribution in [0.25, 0.3) is 0 Å². The van der Waals surface area contributed by atoms with Crippen LogP contribution in [0, 0.1) is 10.1 Å². The van der Waals surface area contributed by atoms with Crippen molar-refractivity contribution in [2.45, 2.75) is 38.6 Å². The molecule has 8 heteroatoms. The molecule has 4 rings (SSSR count). The summed E-state index contributed by atoms with van der Waals surface area (Å²) in [4.78, 5) is 22.5. The van der Waals surface area contributed by atoms with Crippen molar-refractivity contribution in [3.05, 3.63) is 77.1 Å². The summed E-state index contributed by atoms with van der Waals surface area (Å²) in [5.41, 5.74) is 4.77. The number of nitrogens with zero attached hydrogens (tertiary/aromatic N) is 5. The molecule has 0 radical (unpaired) electrons. The van der Waals surface area contributed by atoms with Gasteiger partial charge in [-0.1, -0.05) is 43.3 Å². The second-order valence-electron chi connectivity index (χ2n) is 7.52. The summed E-state index contributed by atoms with van der Waals surface area (Å²) in [6.07, 6.45) is 5.47. The third-order valence-electron chi connectivity index (χ3n) is 5.60. The van der Waals surface area contributed by atoms with Crippen LogP contribution in [-0.2, 0) is 0 Å². The molecular weight excluding hydrogens is 392 g/mol. The summed E-state index contributed by atoms with van der Waals surface area (Å²) in [5, 5.41) is 14.0. The molecule has 1 aliphatic heterocycles. The van der Waals surface area contributed by atoms with E-state index in [2.05, 4.69) is 27.2 Å². The normalized spacial score (nSPS) is 16.0. The highest BCUT2D eigenvalue weighted by atomic mass is 16.6. The summed E-state index contributed by atoms with van der Waals surface area (Å²) in [7, 11) is 0. The molecule has 31 heavy (non-hydrogen) atoms. The van der Waals surface area contributed by atoms with Crippen LogP contribution in [-0.4, -0.2) is 27.5 Å². The van der Waals surface area contributed by atoms with E-state index in [-0.39, 0.29) is 22.5 Å². The Bertz CT molecular complexity index is 976. The fraction of sp³-hybridized carbons (Fsp3) is 0.304. The van der Waals surface area contributed by atoms with Gasteiger partial charge in [0, 0.05) is 12.6 Å². The summed E-state index contributed by atoms with van der Waals surface area (Å²) in [6, 6.07) is 19.5. The Hall–Kier alpha value is -3.68. The zero-order valence-corrected chi connectivity index (χ0v) is 17.5. The van der Waals surface area contributed by atoms with Crippen molar-refractivity contribution in [3.8, 4) is 0 Å². The molecule has 1 aromatic heterocycles. The molecule has 3 aromatic rings. The van der Waals surface area contributed by atoms with Gasteiger partial charge >= 0.3 is 5.69 Å². The van der Waals surface area contributed by atoms with Crippen molar-refractivity contribution in [2.75, 3.05) is 21.9 Å². The van der Waals surface area contributed by atoms with Gasteiger partial charge in [0.05, 0.1) is 16.3 Å². The second-order valence-corrected chi connectivity index (χ2v) is 7.52. The Labute approximate surface area is 181 Å². The zero-order valence-electron chi connectivity index (χ0n) is 17.5. The van der Waals surface area contributed by atoms with Crippen molar-refractivity contribution in [2.24, 2.45) is 0 Å². The highest BCUT2D eigenvalue weighted by Gasteiger charge is 2.32. The van der Waals surface area contributed by atoms with E-state index in [9.17, 15) is 10.1 Å². The Morgan fingerprint density at radius 2 is 1.71 bits per heavy atom. The number of hydrazine groups is 1. The molecule has 2 heterocycles. The molecule has 1 atom stereocenters. The SMILES string of the molecule is CCC1CCCCN1c1ncnc(NN(c2ccccc2)c2ccccc2)c1[N+](=O)[O-]. The van der Waals surface area contributed by atoms with Crippen molar-refractivity contribution in [1.82, 2.24) is 9.97 Å². The third-order valence-corrected chi connectivity index (χ3v) is 5.60. The molecule has 0 aliphatic carbocycles. The van der Waals surface area contributed by atoms with Gasteiger partial charge in [0.1, 0.15) is 6.33 Å². The minimum atomic E-state index is -0.382. The summed E-state index contributed by atoms with van der Waals surface area (Å²) in [6.45, 7) is 2.87. The smallest absolute Gasteiger partial charge is 0.348 e. The van der Waals surface area contributed by atoms with Crippen LogP contribution in [0.3, 0.4) is 0 Å². The first-order valence-corrected chi connectivity index (χ1v) is 10.6. The van der Waals surface area contributed by atoms with Crippen LogP contribution in [0.5, 0.6) is 0 Å². The average Bonchev–Trinajstić information content (AvgIpc) is 2.83. The van der Waals surface area contributed by atoms with Crippen molar-refractivity contribution in [3.63, 3.8) is 0 Å². The summed E-state index contributed by atoms with van der Waals surface area (Å²) in [5.74, 6) is 0.554. The largest absolute Gasteiger partial charge is 0.355 e. The summed E-state index contributed by atoms with van der Waals surface area (Å²) >= 11 is 0. The van der Waals surface area contributed by atoms with E-state index in [1.54, 1.807) is 5.01 Å². The van der Waals surface area contributed by atoms with Crippen molar-refractivity contribution < 1.29 is 4.92 Å². The molecule has 8 nitrogen and oxygen atoms in total.